The zero-order valence-corrected chi connectivity index (χ0v) is 13.6. The third-order valence-electron chi connectivity index (χ3n) is 3.55. The van der Waals surface area contributed by atoms with Gasteiger partial charge in [0.05, 0.1) is 0 Å². The lowest BCUT2D eigenvalue weighted by atomic mass is 10.1. The predicted molar refractivity (Wildman–Crippen MR) is 82.5 cm³/mol. The number of piperazine rings is 1. The number of halogens is 1. The maximum Gasteiger partial charge on any atom is 0.249 e. The van der Waals surface area contributed by atoms with E-state index < -0.39 is 6.04 Å². The molecule has 0 spiro atoms. The number of benzene rings is 1. The molecule has 5 heteroatoms. The predicted octanol–water partition coefficient (Wildman–Crippen LogP) is 2.67. The molecule has 20 heavy (non-hydrogen) atoms. The van der Waals surface area contributed by atoms with Crippen LogP contribution in [-0.4, -0.2) is 35.8 Å². The van der Waals surface area contributed by atoms with Crippen LogP contribution in [-0.2, 0) is 9.59 Å². The number of carbonyl (C=O) groups is 2. The van der Waals surface area contributed by atoms with Gasteiger partial charge in [-0.2, -0.15) is 0 Å². The van der Waals surface area contributed by atoms with E-state index in [2.05, 4.69) is 15.9 Å². The Morgan fingerprint density at radius 2 is 2.05 bits per heavy atom. The summed E-state index contributed by atoms with van der Waals surface area (Å²) in [5, 5.41) is 0. The van der Waals surface area contributed by atoms with Crippen molar-refractivity contribution in [2.75, 3.05) is 18.0 Å². The molecule has 2 amide bonds. The van der Waals surface area contributed by atoms with Crippen LogP contribution < -0.4 is 4.90 Å². The third-order valence-corrected chi connectivity index (χ3v) is 4.05. The Hall–Kier alpha value is -1.36. The minimum absolute atomic E-state index is 0.0247. The topological polar surface area (TPSA) is 40.6 Å². The number of amides is 2. The van der Waals surface area contributed by atoms with Crippen LogP contribution >= 0.6 is 15.9 Å². The molecular formula is C15H19BrN2O2. The smallest absolute Gasteiger partial charge is 0.249 e. The molecule has 0 aromatic heterocycles. The van der Waals surface area contributed by atoms with Gasteiger partial charge in [-0.25, -0.2) is 0 Å². The highest BCUT2D eigenvalue weighted by molar-refractivity contribution is 9.10. The maximum atomic E-state index is 12.5. The Morgan fingerprint density at radius 1 is 1.35 bits per heavy atom. The minimum atomic E-state index is -0.405. The highest BCUT2D eigenvalue weighted by Gasteiger charge is 2.35. The lowest BCUT2D eigenvalue weighted by molar-refractivity contribution is -0.143. The molecule has 4 nitrogen and oxygen atoms in total. The highest BCUT2D eigenvalue weighted by atomic mass is 79.9. The zero-order valence-electron chi connectivity index (χ0n) is 12.0. The Balaban J connectivity index is 2.19. The van der Waals surface area contributed by atoms with Crippen molar-refractivity contribution in [3.05, 3.63) is 28.7 Å². The summed E-state index contributed by atoms with van der Waals surface area (Å²) in [6.07, 6.45) is 0. The molecule has 1 aliphatic heterocycles. The van der Waals surface area contributed by atoms with Gasteiger partial charge in [-0.1, -0.05) is 35.8 Å². The summed E-state index contributed by atoms with van der Waals surface area (Å²) in [6.45, 7) is 6.64. The van der Waals surface area contributed by atoms with E-state index in [1.807, 2.05) is 38.1 Å². The molecule has 1 atom stereocenters. The molecule has 0 unspecified atom stereocenters. The van der Waals surface area contributed by atoms with Gasteiger partial charge in [0.2, 0.25) is 11.8 Å². The van der Waals surface area contributed by atoms with E-state index in [-0.39, 0.29) is 17.7 Å². The molecule has 1 aromatic carbocycles. The summed E-state index contributed by atoms with van der Waals surface area (Å²) >= 11 is 3.42. The molecule has 1 fully saturated rings. The summed E-state index contributed by atoms with van der Waals surface area (Å²) in [6, 6.07) is 7.26. The van der Waals surface area contributed by atoms with Crippen molar-refractivity contribution in [1.29, 1.82) is 0 Å². The van der Waals surface area contributed by atoms with Crippen molar-refractivity contribution in [2.45, 2.75) is 26.8 Å². The first-order chi connectivity index (χ1) is 9.41. The van der Waals surface area contributed by atoms with Gasteiger partial charge in [-0.3, -0.25) is 9.59 Å². The van der Waals surface area contributed by atoms with Crippen LogP contribution in [0.1, 0.15) is 20.8 Å². The second-order valence-electron chi connectivity index (χ2n) is 5.33. The fourth-order valence-electron chi connectivity index (χ4n) is 2.40. The second-order valence-corrected chi connectivity index (χ2v) is 6.25. The van der Waals surface area contributed by atoms with Crippen molar-refractivity contribution in [2.24, 2.45) is 5.92 Å². The van der Waals surface area contributed by atoms with Crippen LogP contribution in [0.2, 0.25) is 0 Å². The highest BCUT2D eigenvalue weighted by Crippen LogP contribution is 2.24. The Labute approximate surface area is 127 Å². The minimum Gasteiger partial charge on any atom is -0.329 e. The molecule has 0 aliphatic carbocycles. The molecule has 0 saturated carbocycles. The van der Waals surface area contributed by atoms with E-state index in [4.69, 9.17) is 0 Å². The maximum absolute atomic E-state index is 12.5. The van der Waals surface area contributed by atoms with Crippen LogP contribution in [0.25, 0.3) is 0 Å². The molecule has 0 N–H and O–H groups in total. The van der Waals surface area contributed by atoms with Crippen LogP contribution in [0.5, 0.6) is 0 Å². The van der Waals surface area contributed by atoms with Crippen molar-refractivity contribution in [3.8, 4) is 0 Å². The fraction of sp³-hybridized carbons (Fsp3) is 0.467. The Kier molecular flexibility index (Phi) is 4.48. The van der Waals surface area contributed by atoms with Gasteiger partial charge in [-0.05, 0) is 25.1 Å². The summed E-state index contributed by atoms with van der Waals surface area (Å²) in [5.41, 5.74) is 0.868. The molecule has 108 valence electrons. The Bertz CT molecular complexity index is 530. The molecular weight excluding hydrogens is 320 g/mol. The van der Waals surface area contributed by atoms with E-state index >= 15 is 0 Å². The number of anilines is 1. The largest absolute Gasteiger partial charge is 0.329 e. The van der Waals surface area contributed by atoms with Gasteiger partial charge in [-0.15, -0.1) is 0 Å². The SMILES string of the molecule is CC(C)C(=O)N1CCN(c2cccc(Br)c2)C(=O)[C@H]1C. The number of nitrogens with zero attached hydrogens (tertiary/aromatic N) is 2. The normalized spacial score (nSPS) is 19.6. The van der Waals surface area contributed by atoms with Crippen molar-refractivity contribution < 1.29 is 9.59 Å². The van der Waals surface area contributed by atoms with Gasteiger partial charge < -0.3 is 9.80 Å². The lowest BCUT2D eigenvalue weighted by Gasteiger charge is -2.39. The average molecular weight is 339 g/mol. The summed E-state index contributed by atoms with van der Waals surface area (Å²) < 4.78 is 0.941. The zero-order chi connectivity index (χ0) is 14.9. The van der Waals surface area contributed by atoms with Gasteiger partial charge in [0.1, 0.15) is 6.04 Å². The van der Waals surface area contributed by atoms with E-state index in [0.717, 1.165) is 10.2 Å². The average Bonchev–Trinajstić information content (AvgIpc) is 2.41. The molecule has 0 bridgehead atoms. The van der Waals surface area contributed by atoms with Crippen molar-refractivity contribution in [3.63, 3.8) is 0 Å². The molecule has 2 rings (SSSR count). The lowest BCUT2D eigenvalue weighted by Crippen LogP contribution is -2.58. The third kappa shape index (κ3) is 2.87. The van der Waals surface area contributed by atoms with Gasteiger partial charge in [0.25, 0.3) is 0 Å². The fourth-order valence-corrected chi connectivity index (χ4v) is 2.79. The van der Waals surface area contributed by atoms with Crippen LogP contribution in [0.15, 0.2) is 28.7 Å². The van der Waals surface area contributed by atoms with E-state index in [1.54, 1.807) is 16.7 Å². The first kappa shape index (κ1) is 15.0. The Morgan fingerprint density at radius 3 is 2.65 bits per heavy atom. The number of hydrogen-bond acceptors (Lipinski definition) is 2. The van der Waals surface area contributed by atoms with Crippen molar-refractivity contribution >= 4 is 33.4 Å². The number of hydrogen-bond donors (Lipinski definition) is 0. The molecule has 1 aromatic rings. The van der Waals surface area contributed by atoms with Crippen molar-refractivity contribution in [1.82, 2.24) is 4.90 Å². The number of rotatable bonds is 2. The first-order valence-electron chi connectivity index (χ1n) is 6.79. The summed E-state index contributed by atoms with van der Waals surface area (Å²) in [7, 11) is 0. The van der Waals surface area contributed by atoms with Crippen LogP contribution in [0.3, 0.4) is 0 Å². The first-order valence-corrected chi connectivity index (χ1v) is 7.58. The quantitative estimate of drug-likeness (QED) is 0.831. The summed E-state index contributed by atoms with van der Waals surface area (Å²) in [5.74, 6) is -0.0641. The molecule has 0 radical (unpaired) electrons. The standard InChI is InChI=1S/C15H19BrN2O2/c1-10(2)14(19)17-7-8-18(15(20)11(17)3)13-6-4-5-12(16)9-13/h4-6,9-11H,7-8H2,1-3H3/t11-/m1/s1. The van der Waals surface area contributed by atoms with Gasteiger partial charge >= 0.3 is 0 Å². The van der Waals surface area contributed by atoms with Gasteiger partial charge in [0.15, 0.2) is 0 Å². The molecule has 1 aliphatic rings. The second kappa shape index (κ2) is 5.95. The summed E-state index contributed by atoms with van der Waals surface area (Å²) in [4.78, 5) is 28.0. The van der Waals surface area contributed by atoms with E-state index in [9.17, 15) is 9.59 Å². The number of carbonyl (C=O) groups excluding carboxylic acids is 2. The molecule has 1 heterocycles. The monoisotopic (exact) mass is 338 g/mol. The van der Waals surface area contributed by atoms with E-state index in [1.165, 1.54) is 0 Å². The van der Waals surface area contributed by atoms with Gasteiger partial charge in [0, 0.05) is 29.2 Å². The van der Waals surface area contributed by atoms with E-state index in [0.29, 0.717) is 13.1 Å². The molecule has 1 saturated heterocycles. The van der Waals surface area contributed by atoms with Crippen LogP contribution in [0, 0.1) is 5.92 Å². The van der Waals surface area contributed by atoms with Crippen LogP contribution in [0.4, 0.5) is 5.69 Å².